The molecular weight excluding hydrogens is 402 g/mol. The second-order valence-corrected chi connectivity index (χ2v) is 9.07. The Bertz CT molecular complexity index is 1160. The molecule has 166 valence electrons. The number of pyridine rings is 2. The molecule has 0 spiro atoms. The van der Waals surface area contributed by atoms with Crippen molar-refractivity contribution in [1.29, 1.82) is 0 Å². The van der Waals surface area contributed by atoms with Gasteiger partial charge in [0.25, 0.3) is 0 Å². The fourth-order valence-electron chi connectivity index (χ4n) is 4.73. The van der Waals surface area contributed by atoms with E-state index in [-0.39, 0.29) is 0 Å². The van der Waals surface area contributed by atoms with Crippen LogP contribution in [0.2, 0.25) is 0 Å². The monoisotopic (exact) mass is 435 g/mol. The summed E-state index contributed by atoms with van der Waals surface area (Å²) < 4.78 is 4.34. The van der Waals surface area contributed by atoms with Gasteiger partial charge in [-0.3, -0.25) is 0 Å². The normalized spacial score (nSPS) is 13.8. The van der Waals surface area contributed by atoms with Crippen LogP contribution in [0.25, 0.3) is 27.9 Å². The lowest BCUT2D eigenvalue weighted by Gasteiger charge is -2.12. The molecule has 1 saturated carbocycles. The molecule has 3 nitrogen and oxygen atoms in total. The first-order valence-corrected chi connectivity index (χ1v) is 12.2. The highest BCUT2D eigenvalue weighted by Gasteiger charge is 2.14. The van der Waals surface area contributed by atoms with Crippen molar-refractivity contribution in [2.45, 2.75) is 39.2 Å². The van der Waals surface area contributed by atoms with Gasteiger partial charge in [-0.15, -0.1) is 0 Å². The summed E-state index contributed by atoms with van der Waals surface area (Å²) in [5.41, 5.74) is 7.35. The van der Waals surface area contributed by atoms with Gasteiger partial charge in [-0.1, -0.05) is 25.0 Å². The molecule has 0 atom stereocenters. The summed E-state index contributed by atoms with van der Waals surface area (Å²) in [4.78, 5) is 0. The van der Waals surface area contributed by atoms with Crippen molar-refractivity contribution in [2.24, 2.45) is 5.92 Å². The maximum absolute atomic E-state index is 3.61. The fraction of sp³-hybridized carbons (Fsp3) is 0.267. The van der Waals surface area contributed by atoms with Crippen molar-refractivity contribution in [2.75, 3.05) is 11.9 Å². The first-order chi connectivity index (χ1) is 16.3. The Morgan fingerprint density at radius 3 is 1.76 bits per heavy atom. The van der Waals surface area contributed by atoms with Crippen molar-refractivity contribution >= 4 is 5.69 Å². The Labute approximate surface area is 197 Å². The van der Waals surface area contributed by atoms with Gasteiger partial charge in [-0.25, -0.2) is 4.57 Å². The van der Waals surface area contributed by atoms with Crippen LogP contribution in [0.15, 0.2) is 97.6 Å². The summed E-state index contributed by atoms with van der Waals surface area (Å²) in [5, 5.41) is 3.61. The topological polar surface area (TPSA) is 19.8 Å². The second-order valence-electron chi connectivity index (χ2n) is 9.07. The highest BCUT2D eigenvalue weighted by atomic mass is 14.9. The number of aromatic nitrogens is 2. The molecule has 1 N–H and O–H groups in total. The SMILES string of the molecule is CC[n+]1ccc(-c2cc[n+](-c3ccc(-c4ccc(NCC5CCCC5)cc4)cc3)cc2)cc1. The van der Waals surface area contributed by atoms with Gasteiger partial charge in [-0.2, -0.15) is 4.57 Å². The van der Waals surface area contributed by atoms with Gasteiger partial charge in [0.15, 0.2) is 24.8 Å². The highest BCUT2D eigenvalue weighted by molar-refractivity contribution is 5.66. The quantitative estimate of drug-likeness (QED) is 0.342. The van der Waals surface area contributed by atoms with Gasteiger partial charge in [0, 0.05) is 48.6 Å². The minimum Gasteiger partial charge on any atom is -0.385 e. The molecule has 0 unspecified atom stereocenters. The molecule has 0 amide bonds. The molecule has 0 radical (unpaired) electrons. The third-order valence-electron chi connectivity index (χ3n) is 6.87. The lowest BCUT2D eigenvalue weighted by Crippen LogP contribution is -2.30. The van der Waals surface area contributed by atoms with E-state index in [1.54, 1.807) is 0 Å². The molecule has 0 bridgehead atoms. The average Bonchev–Trinajstić information content (AvgIpc) is 3.42. The van der Waals surface area contributed by atoms with Crippen LogP contribution in [0, 0.1) is 5.92 Å². The van der Waals surface area contributed by atoms with Crippen LogP contribution in [0.4, 0.5) is 5.69 Å². The molecule has 4 aromatic rings. The van der Waals surface area contributed by atoms with E-state index in [1.165, 1.54) is 53.6 Å². The second kappa shape index (κ2) is 9.99. The molecule has 2 aromatic heterocycles. The van der Waals surface area contributed by atoms with Crippen molar-refractivity contribution in [3.05, 3.63) is 97.6 Å². The molecule has 3 heteroatoms. The number of anilines is 1. The number of rotatable bonds is 7. The van der Waals surface area contributed by atoms with E-state index in [0.717, 1.165) is 24.7 Å². The average molecular weight is 436 g/mol. The van der Waals surface area contributed by atoms with Crippen molar-refractivity contribution in [3.63, 3.8) is 0 Å². The molecular formula is C30H33N3+2. The lowest BCUT2D eigenvalue weighted by molar-refractivity contribution is -0.693. The zero-order valence-electron chi connectivity index (χ0n) is 19.5. The number of hydrogen-bond donors (Lipinski definition) is 1. The molecule has 2 heterocycles. The van der Waals surface area contributed by atoms with Crippen molar-refractivity contribution in [3.8, 4) is 27.9 Å². The van der Waals surface area contributed by atoms with Crippen LogP contribution >= 0.6 is 0 Å². The van der Waals surface area contributed by atoms with Crippen molar-refractivity contribution in [1.82, 2.24) is 0 Å². The minimum absolute atomic E-state index is 0.851. The van der Waals surface area contributed by atoms with E-state index in [1.807, 2.05) is 0 Å². The predicted molar refractivity (Wildman–Crippen MR) is 135 cm³/mol. The van der Waals surface area contributed by atoms with Gasteiger partial charge in [0.1, 0.15) is 6.54 Å². The van der Waals surface area contributed by atoms with Gasteiger partial charge in [-0.05, 0) is 72.2 Å². The Hall–Kier alpha value is -3.46. The smallest absolute Gasteiger partial charge is 0.210 e. The Morgan fingerprint density at radius 1 is 0.667 bits per heavy atom. The zero-order chi connectivity index (χ0) is 22.5. The fourth-order valence-corrected chi connectivity index (χ4v) is 4.73. The summed E-state index contributed by atoms with van der Waals surface area (Å²) in [6.45, 7) is 4.25. The molecule has 2 aromatic carbocycles. The van der Waals surface area contributed by atoms with Crippen LogP contribution in [0.5, 0.6) is 0 Å². The standard InChI is InChI=1S/C30H32N3/c1-2-32-19-15-27(16-20-32)28-17-21-33(22-18-28)30-13-9-26(10-14-30)25-7-11-29(12-8-25)31-23-24-5-3-4-6-24/h7-22,24H,2-6,23H2,1H3/q+1/p+1. The molecule has 1 aliphatic carbocycles. The summed E-state index contributed by atoms with van der Waals surface area (Å²) in [7, 11) is 0. The molecule has 1 fully saturated rings. The minimum atomic E-state index is 0.851. The number of benzene rings is 2. The van der Waals surface area contributed by atoms with E-state index < -0.39 is 0 Å². The van der Waals surface area contributed by atoms with Crippen LogP contribution in [0.3, 0.4) is 0 Å². The zero-order valence-corrected chi connectivity index (χ0v) is 19.5. The third kappa shape index (κ3) is 5.14. The third-order valence-corrected chi connectivity index (χ3v) is 6.87. The molecule has 0 aliphatic heterocycles. The van der Waals surface area contributed by atoms with Crippen LogP contribution < -0.4 is 14.5 Å². The van der Waals surface area contributed by atoms with E-state index in [2.05, 4.69) is 119 Å². The van der Waals surface area contributed by atoms with E-state index in [9.17, 15) is 0 Å². The van der Waals surface area contributed by atoms with E-state index in [0.29, 0.717) is 0 Å². The van der Waals surface area contributed by atoms with Crippen LogP contribution in [0.1, 0.15) is 32.6 Å². The van der Waals surface area contributed by atoms with Gasteiger partial charge in [0.05, 0.1) is 0 Å². The Kier molecular flexibility index (Phi) is 6.48. The predicted octanol–water partition coefficient (Wildman–Crippen LogP) is 6.21. The van der Waals surface area contributed by atoms with Gasteiger partial charge < -0.3 is 5.32 Å². The van der Waals surface area contributed by atoms with Crippen LogP contribution in [-0.2, 0) is 6.54 Å². The van der Waals surface area contributed by atoms with Gasteiger partial charge in [0.2, 0.25) is 5.69 Å². The van der Waals surface area contributed by atoms with Crippen LogP contribution in [-0.4, -0.2) is 6.54 Å². The van der Waals surface area contributed by atoms with E-state index in [4.69, 9.17) is 0 Å². The first kappa shape index (κ1) is 21.4. The summed E-state index contributed by atoms with van der Waals surface area (Å²) in [6.07, 6.45) is 14.1. The van der Waals surface area contributed by atoms with Crippen molar-refractivity contribution < 1.29 is 9.13 Å². The summed E-state index contributed by atoms with van der Waals surface area (Å²) in [6, 6.07) is 26.3. The summed E-state index contributed by atoms with van der Waals surface area (Å²) >= 11 is 0. The molecule has 33 heavy (non-hydrogen) atoms. The largest absolute Gasteiger partial charge is 0.385 e. The number of nitrogens with zero attached hydrogens (tertiary/aromatic N) is 2. The number of nitrogens with one attached hydrogen (secondary N) is 1. The van der Waals surface area contributed by atoms with Gasteiger partial charge >= 0.3 is 0 Å². The molecule has 0 saturated heterocycles. The highest BCUT2D eigenvalue weighted by Crippen LogP contribution is 2.26. The summed E-state index contributed by atoms with van der Waals surface area (Å²) in [5.74, 6) is 0.851. The Balaban J connectivity index is 1.24. The Morgan fingerprint density at radius 2 is 1.18 bits per heavy atom. The lowest BCUT2D eigenvalue weighted by atomic mass is 10.0. The molecule has 5 rings (SSSR count). The maximum atomic E-state index is 3.61. The maximum Gasteiger partial charge on any atom is 0.210 e. The molecule has 1 aliphatic rings. The van der Waals surface area contributed by atoms with E-state index >= 15 is 0 Å². The number of aryl methyl sites for hydroxylation is 1. The number of hydrogen-bond acceptors (Lipinski definition) is 1. The first-order valence-electron chi connectivity index (χ1n) is 12.2.